The van der Waals surface area contributed by atoms with Crippen molar-refractivity contribution in [2.24, 2.45) is 5.92 Å². The lowest BCUT2D eigenvalue weighted by Crippen LogP contribution is -2.33. The molecule has 0 aromatic heterocycles. The standard InChI is InChI=1S/C13H28N2O/c1-12(2)11-15(9-10-16-3)8-4-7-14-13-5-6-13/h12-14H,4-11H2,1-3H3. The molecule has 0 aromatic carbocycles. The van der Waals surface area contributed by atoms with Crippen molar-refractivity contribution >= 4 is 0 Å². The van der Waals surface area contributed by atoms with E-state index in [9.17, 15) is 0 Å². The molecule has 0 aromatic rings. The van der Waals surface area contributed by atoms with Crippen molar-refractivity contribution in [1.29, 1.82) is 0 Å². The van der Waals surface area contributed by atoms with Crippen molar-refractivity contribution in [1.82, 2.24) is 10.2 Å². The van der Waals surface area contributed by atoms with Crippen molar-refractivity contribution in [3.63, 3.8) is 0 Å². The summed E-state index contributed by atoms with van der Waals surface area (Å²) in [5.74, 6) is 0.744. The third kappa shape index (κ3) is 7.20. The van der Waals surface area contributed by atoms with E-state index in [4.69, 9.17) is 4.74 Å². The van der Waals surface area contributed by atoms with Crippen molar-refractivity contribution in [2.75, 3.05) is 39.9 Å². The minimum atomic E-state index is 0.744. The van der Waals surface area contributed by atoms with E-state index in [-0.39, 0.29) is 0 Å². The van der Waals surface area contributed by atoms with Gasteiger partial charge in [0.05, 0.1) is 6.61 Å². The molecule has 0 heterocycles. The molecule has 0 aliphatic heterocycles. The highest BCUT2D eigenvalue weighted by Gasteiger charge is 2.19. The van der Waals surface area contributed by atoms with Crippen molar-refractivity contribution in [2.45, 2.75) is 39.2 Å². The fourth-order valence-electron chi connectivity index (χ4n) is 1.93. The van der Waals surface area contributed by atoms with Crippen molar-refractivity contribution in [3.8, 4) is 0 Å². The van der Waals surface area contributed by atoms with Crippen LogP contribution in [0.5, 0.6) is 0 Å². The molecule has 1 saturated carbocycles. The zero-order valence-corrected chi connectivity index (χ0v) is 11.2. The van der Waals surface area contributed by atoms with Gasteiger partial charge in [0.25, 0.3) is 0 Å². The Bertz CT molecular complexity index is 169. The summed E-state index contributed by atoms with van der Waals surface area (Å²) in [5.41, 5.74) is 0. The van der Waals surface area contributed by atoms with E-state index in [1.807, 2.05) is 0 Å². The van der Waals surface area contributed by atoms with E-state index in [1.54, 1.807) is 7.11 Å². The highest BCUT2D eigenvalue weighted by molar-refractivity contribution is 4.80. The number of hydrogen-bond donors (Lipinski definition) is 1. The number of ether oxygens (including phenoxy) is 1. The molecule has 0 unspecified atom stereocenters. The van der Waals surface area contributed by atoms with Gasteiger partial charge in [0.15, 0.2) is 0 Å². The zero-order valence-electron chi connectivity index (χ0n) is 11.2. The molecule has 1 fully saturated rings. The predicted molar refractivity (Wildman–Crippen MR) is 68.8 cm³/mol. The SMILES string of the molecule is COCCN(CCCNC1CC1)CC(C)C. The van der Waals surface area contributed by atoms with Crippen LogP contribution in [0.1, 0.15) is 33.1 Å². The number of methoxy groups -OCH3 is 1. The lowest BCUT2D eigenvalue weighted by molar-refractivity contribution is 0.139. The Hall–Kier alpha value is -0.120. The largest absolute Gasteiger partial charge is 0.383 e. The van der Waals surface area contributed by atoms with Crippen LogP contribution in [0.25, 0.3) is 0 Å². The normalized spacial score (nSPS) is 16.3. The maximum atomic E-state index is 5.15. The van der Waals surface area contributed by atoms with Gasteiger partial charge in [-0.1, -0.05) is 13.8 Å². The molecule has 0 amide bonds. The third-order valence-electron chi connectivity index (χ3n) is 2.90. The molecule has 0 saturated heterocycles. The summed E-state index contributed by atoms with van der Waals surface area (Å²) < 4.78 is 5.15. The average molecular weight is 228 g/mol. The van der Waals surface area contributed by atoms with Gasteiger partial charge >= 0.3 is 0 Å². The summed E-state index contributed by atoms with van der Waals surface area (Å²) in [4.78, 5) is 2.52. The monoisotopic (exact) mass is 228 g/mol. The highest BCUT2D eigenvalue weighted by atomic mass is 16.5. The van der Waals surface area contributed by atoms with Crippen LogP contribution in [-0.2, 0) is 4.74 Å². The van der Waals surface area contributed by atoms with Gasteiger partial charge in [0.2, 0.25) is 0 Å². The molecule has 0 bridgehead atoms. The molecular weight excluding hydrogens is 200 g/mol. The Morgan fingerprint density at radius 2 is 2.06 bits per heavy atom. The minimum absolute atomic E-state index is 0.744. The minimum Gasteiger partial charge on any atom is -0.383 e. The van der Waals surface area contributed by atoms with E-state index in [0.29, 0.717) is 0 Å². The average Bonchev–Trinajstić information content (AvgIpc) is 3.03. The first kappa shape index (κ1) is 13.9. The molecular formula is C13H28N2O. The first-order chi connectivity index (χ1) is 7.72. The summed E-state index contributed by atoms with van der Waals surface area (Å²) in [6.07, 6.45) is 4.03. The second-order valence-electron chi connectivity index (χ2n) is 5.27. The van der Waals surface area contributed by atoms with Crippen LogP contribution < -0.4 is 5.32 Å². The number of nitrogens with one attached hydrogen (secondary N) is 1. The Morgan fingerprint density at radius 3 is 2.62 bits per heavy atom. The quantitative estimate of drug-likeness (QED) is 0.576. The van der Waals surface area contributed by atoms with Crippen LogP contribution in [0.3, 0.4) is 0 Å². The van der Waals surface area contributed by atoms with Crippen LogP contribution in [0.15, 0.2) is 0 Å². The molecule has 96 valence electrons. The van der Waals surface area contributed by atoms with E-state index >= 15 is 0 Å². The third-order valence-corrected chi connectivity index (χ3v) is 2.90. The summed E-state index contributed by atoms with van der Waals surface area (Å²) >= 11 is 0. The summed E-state index contributed by atoms with van der Waals surface area (Å²) in [6, 6.07) is 0.845. The Kier molecular flexibility index (Phi) is 7.01. The predicted octanol–water partition coefficient (Wildman–Crippen LogP) is 1.73. The van der Waals surface area contributed by atoms with Crippen LogP contribution in [0.2, 0.25) is 0 Å². The zero-order chi connectivity index (χ0) is 11.8. The van der Waals surface area contributed by atoms with Gasteiger partial charge in [0, 0.05) is 26.2 Å². The van der Waals surface area contributed by atoms with Gasteiger partial charge in [-0.25, -0.2) is 0 Å². The van der Waals surface area contributed by atoms with Gasteiger partial charge < -0.3 is 15.0 Å². The van der Waals surface area contributed by atoms with Gasteiger partial charge in [-0.15, -0.1) is 0 Å². The molecule has 16 heavy (non-hydrogen) atoms. The number of rotatable bonds is 10. The first-order valence-corrected chi connectivity index (χ1v) is 6.67. The second-order valence-corrected chi connectivity index (χ2v) is 5.27. The highest BCUT2D eigenvalue weighted by Crippen LogP contribution is 2.18. The van der Waals surface area contributed by atoms with Crippen LogP contribution in [0, 0.1) is 5.92 Å². The van der Waals surface area contributed by atoms with Gasteiger partial charge in [-0.2, -0.15) is 0 Å². The summed E-state index contributed by atoms with van der Waals surface area (Å²) in [6.45, 7) is 10.0. The summed E-state index contributed by atoms with van der Waals surface area (Å²) in [7, 11) is 1.78. The van der Waals surface area contributed by atoms with E-state index in [2.05, 4.69) is 24.1 Å². The van der Waals surface area contributed by atoms with Crippen molar-refractivity contribution in [3.05, 3.63) is 0 Å². The molecule has 0 radical (unpaired) electrons. The van der Waals surface area contributed by atoms with Crippen molar-refractivity contribution < 1.29 is 4.74 Å². The Labute approximate surface area is 101 Å². The molecule has 1 aliphatic rings. The van der Waals surface area contributed by atoms with Gasteiger partial charge in [-0.05, 0) is 38.3 Å². The van der Waals surface area contributed by atoms with Crippen LogP contribution in [0.4, 0.5) is 0 Å². The molecule has 0 atom stereocenters. The maximum absolute atomic E-state index is 5.15. The van der Waals surface area contributed by atoms with Crippen LogP contribution >= 0.6 is 0 Å². The second kappa shape index (κ2) is 8.04. The fraction of sp³-hybridized carbons (Fsp3) is 1.00. The van der Waals surface area contributed by atoms with E-state index in [0.717, 1.165) is 25.1 Å². The van der Waals surface area contributed by atoms with Crippen LogP contribution in [-0.4, -0.2) is 50.8 Å². The Balaban J connectivity index is 2.03. The number of hydrogen-bond acceptors (Lipinski definition) is 3. The van der Waals surface area contributed by atoms with E-state index < -0.39 is 0 Å². The smallest absolute Gasteiger partial charge is 0.0589 e. The molecule has 3 heteroatoms. The molecule has 1 aliphatic carbocycles. The molecule has 1 N–H and O–H groups in total. The lowest BCUT2D eigenvalue weighted by Gasteiger charge is -2.23. The summed E-state index contributed by atoms with van der Waals surface area (Å²) in [5, 5.41) is 3.56. The van der Waals surface area contributed by atoms with Gasteiger partial charge in [-0.3, -0.25) is 0 Å². The molecule has 1 rings (SSSR count). The first-order valence-electron chi connectivity index (χ1n) is 6.67. The molecule has 3 nitrogen and oxygen atoms in total. The van der Waals surface area contributed by atoms with E-state index in [1.165, 1.54) is 38.9 Å². The topological polar surface area (TPSA) is 24.5 Å². The maximum Gasteiger partial charge on any atom is 0.0589 e. The fourth-order valence-corrected chi connectivity index (χ4v) is 1.93. The van der Waals surface area contributed by atoms with Gasteiger partial charge in [0.1, 0.15) is 0 Å². The Morgan fingerprint density at radius 1 is 1.31 bits per heavy atom. The molecule has 0 spiro atoms. The number of nitrogens with zero attached hydrogens (tertiary/aromatic N) is 1. The lowest BCUT2D eigenvalue weighted by atomic mass is 10.2.